The fraction of sp³-hybridized carbons (Fsp3) is 0.368. The molecule has 2 N–H and O–H groups in total. The van der Waals surface area contributed by atoms with Gasteiger partial charge in [-0.3, -0.25) is 9.48 Å². The van der Waals surface area contributed by atoms with Crippen LogP contribution in [0.5, 0.6) is 0 Å². The van der Waals surface area contributed by atoms with Crippen LogP contribution in [0.2, 0.25) is 0 Å². The van der Waals surface area contributed by atoms with Crippen LogP contribution in [0, 0.1) is 0 Å². The van der Waals surface area contributed by atoms with E-state index in [-0.39, 0.29) is 18.3 Å². The van der Waals surface area contributed by atoms with Crippen LogP contribution >= 0.6 is 12.4 Å². The van der Waals surface area contributed by atoms with Gasteiger partial charge in [-0.1, -0.05) is 12.1 Å². The molecule has 1 amide bonds. The molecule has 0 radical (unpaired) electrons. The predicted molar refractivity (Wildman–Crippen MR) is 108 cm³/mol. The van der Waals surface area contributed by atoms with Gasteiger partial charge in [-0.2, -0.15) is 10.2 Å². The van der Waals surface area contributed by atoms with E-state index in [0.717, 1.165) is 43.0 Å². The quantitative estimate of drug-likeness (QED) is 0.659. The van der Waals surface area contributed by atoms with Gasteiger partial charge in [0.05, 0.1) is 17.9 Å². The highest BCUT2D eigenvalue weighted by atomic mass is 35.5. The molecule has 0 unspecified atom stereocenters. The van der Waals surface area contributed by atoms with Crippen molar-refractivity contribution in [3.8, 4) is 0 Å². The molecule has 0 aliphatic carbocycles. The summed E-state index contributed by atoms with van der Waals surface area (Å²) in [4.78, 5) is 16.3. The number of amides is 1. The molecular formula is C19H24ClN7O. The maximum atomic E-state index is 12.3. The third-order valence-electron chi connectivity index (χ3n) is 4.57. The van der Waals surface area contributed by atoms with Crippen LogP contribution in [0.15, 0.2) is 43.0 Å². The highest BCUT2D eigenvalue weighted by Gasteiger charge is 2.12. The topological polar surface area (TPSA) is 89.7 Å². The standard InChI is InChI=1S/C19H23N7O.ClH/c27-19(6-5-17-10-18-11-20-7-2-8-26(18)24-17)23-16-4-1-3-15(9-16)12-25-14-21-13-22-25;/h1,3-4,9-10,13-14,20H,2,5-8,11-12H2,(H,23,27);1H. The van der Waals surface area contributed by atoms with Crippen LogP contribution in [0.3, 0.4) is 0 Å². The van der Waals surface area contributed by atoms with Crippen LogP contribution in [0.25, 0.3) is 0 Å². The second-order valence-corrected chi connectivity index (χ2v) is 6.72. The minimum Gasteiger partial charge on any atom is -0.326 e. The van der Waals surface area contributed by atoms with Crippen LogP contribution in [-0.2, 0) is 30.8 Å². The predicted octanol–water partition coefficient (Wildman–Crippen LogP) is 2.01. The Morgan fingerprint density at radius 2 is 2.21 bits per heavy atom. The number of carbonyl (C=O) groups excluding carboxylic acids is 1. The number of hydrogen-bond donors (Lipinski definition) is 2. The monoisotopic (exact) mass is 401 g/mol. The minimum atomic E-state index is -0.00535. The summed E-state index contributed by atoms with van der Waals surface area (Å²) in [5.41, 5.74) is 4.03. The summed E-state index contributed by atoms with van der Waals surface area (Å²) in [5.74, 6) is -0.00535. The second-order valence-electron chi connectivity index (χ2n) is 6.72. The van der Waals surface area contributed by atoms with Crippen molar-refractivity contribution in [2.75, 3.05) is 11.9 Å². The number of halogens is 1. The van der Waals surface area contributed by atoms with E-state index in [9.17, 15) is 4.79 Å². The summed E-state index contributed by atoms with van der Waals surface area (Å²) < 4.78 is 3.80. The largest absolute Gasteiger partial charge is 0.326 e. The molecule has 0 bridgehead atoms. The van der Waals surface area contributed by atoms with E-state index in [4.69, 9.17) is 0 Å². The zero-order valence-corrected chi connectivity index (χ0v) is 16.4. The Bertz CT molecular complexity index is 883. The first-order chi connectivity index (χ1) is 13.3. The molecule has 0 saturated carbocycles. The first-order valence-corrected chi connectivity index (χ1v) is 9.24. The molecule has 0 fully saturated rings. The van der Waals surface area contributed by atoms with E-state index in [2.05, 4.69) is 36.6 Å². The Morgan fingerprint density at radius 1 is 1.29 bits per heavy atom. The van der Waals surface area contributed by atoms with Crippen molar-refractivity contribution in [1.82, 2.24) is 29.9 Å². The molecule has 8 nitrogen and oxygen atoms in total. The first-order valence-electron chi connectivity index (χ1n) is 9.24. The van der Waals surface area contributed by atoms with Crippen molar-refractivity contribution in [3.63, 3.8) is 0 Å². The third-order valence-corrected chi connectivity index (χ3v) is 4.57. The number of nitrogens with one attached hydrogen (secondary N) is 2. The maximum absolute atomic E-state index is 12.3. The van der Waals surface area contributed by atoms with Gasteiger partial charge >= 0.3 is 0 Å². The first kappa shape index (κ1) is 20.0. The fourth-order valence-corrected chi connectivity index (χ4v) is 3.26. The normalized spacial score (nSPS) is 13.3. The molecule has 28 heavy (non-hydrogen) atoms. The molecule has 1 aromatic carbocycles. The molecule has 3 aromatic rings. The molecule has 0 spiro atoms. The summed E-state index contributed by atoms with van der Waals surface area (Å²) >= 11 is 0. The van der Waals surface area contributed by atoms with Gasteiger partial charge in [0.15, 0.2) is 0 Å². The number of nitrogens with zero attached hydrogens (tertiary/aromatic N) is 5. The zero-order valence-electron chi connectivity index (χ0n) is 15.5. The Labute approximate surface area is 169 Å². The van der Waals surface area contributed by atoms with Gasteiger partial charge in [0, 0.05) is 31.6 Å². The number of benzene rings is 1. The van der Waals surface area contributed by atoms with E-state index in [1.807, 2.05) is 24.3 Å². The molecule has 0 atom stereocenters. The Hall–Kier alpha value is -2.71. The van der Waals surface area contributed by atoms with Crippen molar-refractivity contribution < 1.29 is 4.79 Å². The van der Waals surface area contributed by atoms with E-state index in [1.54, 1.807) is 11.0 Å². The van der Waals surface area contributed by atoms with E-state index in [1.165, 1.54) is 12.0 Å². The number of hydrogen-bond acceptors (Lipinski definition) is 5. The van der Waals surface area contributed by atoms with Crippen LogP contribution in [0.4, 0.5) is 5.69 Å². The maximum Gasteiger partial charge on any atom is 0.224 e. The lowest BCUT2D eigenvalue weighted by Gasteiger charge is -2.07. The van der Waals surface area contributed by atoms with Crippen LogP contribution in [0.1, 0.15) is 29.8 Å². The molecular weight excluding hydrogens is 378 g/mol. The Balaban J connectivity index is 0.00000225. The number of fused-ring (bicyclic) bond motifs is 1. The van der Waals surface area contributed by atoms with Gasteiger partial charge < -0.3 is 10.6 Å². The van der Waals surface area contributed by atoms with Gasteiger partial charge in [0.2, 0.25) is 5.91 Å². The molecule has 0 saturated heterocycles. The molecule has 9 heteroatoms. The number of rotatable bonds is 6. The lowest BCUT2D eigenvalue weighted by molar-refractivity contribution is -0.116. The summed E-state index contributed by atoms with van der Waals surface area (Å²) in [5, 5.41) is 15.1. The van der Waals surface area contributed by atoms with Crippen molar-refractivity contribution in [1.29, 1.82) is 0 Å². The molecule has 2 aromatic heterocycles. The average molecular weight is 402 g/mol. The summed E-state index contributed by atoms with van der Waals surface area (Å²) in [6.45, 7) is 3.43. The summed E-state index contributed by atoms with van der Waals surface area (Å²) in [7, 11) is 0. The number of aryl methyl sites for hydroxylation is 2. The molecule has 1 aliphatic rings. The van der Waals surface area contributed by atoms with Gasteiger partial charge in [0.25, 0.3) is 0 Å². The lowest BCUT2D eigenvalue weighted by Crippen LogP contribution is -2.13. The third kappa shape index (κ3) is 5.17. The Morgan fingerprint density at radius 3 is 3.07 bits per heavy atom. The molecule has 4 rings (SSSR count). The highest BCUT2D eigenvalue weighted by Crippen LogP contribution is 2.14. The number of carbonyl (C=O) groups is 1. The van der Waals surface area contributed by atoms with Crippen molar-refractivity contribution in [3.05, 3.63) is 59.9 Å². The van der Waals surface area contributed by atoms with Gasteiger partial charge in [-0.05, 0) is 36.7 Å². The highest BCUT2D eigenvalue weighted by molar-refractivity contribution is 5.90. The molecule has 148 valence electrons. The summed E-state index contributed by atoms with van der Waals surface area (Å²) in [6.07, 6.45) is 5.33. The van der Waals surface area contributed by atoms with E-state index < -0.39 is 0 Å². The smallest absolute Gasteiger partial charge is 0.224 e. The SMILES string of the molecule is Cl.O=C(CCc1cc2n(n1)CCCNC2)Nc1cccc(Cn2cncn2)c1. The fourth-order valence-electron chi connectivity index (χ4n) is 3.26. The Kier molecular flexibility index (Phi) is 6.78. The second kappa shape index (κ2) is 9.48. The van der Waals surface area contributed by atoms with Gasteiger partial charge in [-0.15, -0.1) is 12.4 Å². The average Bonchev–Trinajstić information content (AvgIpc) is 3.25. The van der Waals surface area contributed by atoms with Crippen molar-refractivity contribution in [2.45, 2.75) is 38.9 Å². The van der Waals surface area contributed by atoms with Crippen LogP contribution < -0.4 is 10.6 Å². The molecule has 1 aliphatic heterocycles. The van der Waals surface area contributed by atoms with E-state index >= 15 is 0 Å². The van der Waals surface area contributed by atoms with Gasteiger partial charge in [0.1, 0.15) is 12.7 Å². The van der Waals surface area contributed by atoms with Gasteiger partial charge in [-0.25, -0.2) is 9.67 Å². The minimum absolute atomic E-state index is 0. The number of anilines is 1. The lowest BCUT2D eigenvalue weighted by atomic mass is 10.2. The zero-order chi connectivity index (χ0) is 18.5. The van der Waals surface area contributed by atoms with Crippen molar-refractivity contribution >= 4 is 24.0 Å². The molecule has 3 heterocycles. The van der Waals surface area contributed by atoms with Crippen molar-refractivity contribution in [2.24, 2.45) is 0 Å². The summed E-state index contributed by atoms with van der Waals surface area (Å²) in [6, 6.07) is 9.90. The van der Waals surface area contributed by atoms with E-state index in [0.29, 0.717) is 19.4 Å². The number of aromatic nitrogens is 5. The van der Waals surface area contributed by atoms with Crippen LogP contribution in [-0.4, -0.2) is 37.0 Å².